The Morgan fingerprint density at radius 2 is 2.15 bits per heavy atom. The summed E-state index contributed by atoms with van der Waals surface area (Å²) in [5, 5.41) is 14.9. The van der Waals surface area contributed by atoms with E-state index in [4.69, 9.17) is 9.73 Å². The van der Waals surface area contributed by atoms with Crippen molar-refractivity contribution < 1.29 is 4.74 Å². The highest BCUT2D eigenvalue weighted by atomic mass is 16.5. The summed E-state index contributed by atoms with van der Waals surface area (Å²) < 4.78 is 7.34. The van der Waals surface area contributed by atoms with Crippen molar-refractivity contribution in [3.8, 4) is 5.75 Å². The number of methoxy groups -OCH3 is 1. The molecule has 1 aromatic heterocycles. The minimum atomic E-state index is 0.545. The molecule has 7 heteroatoms. The molecule has 0 fully saturated rings. The molecule has 1 heterocycles. The Labute approximate surface area is 155 Å². The summed E-state index contributed by atoms with van der Waals surface area (Å²) in [6.45, 7) is 9.47. The molecular formula is C19H30N6O. The molecule has 0 aliphatic heterocycles. The number of nitrogens with one attached hydrogen (secondary N) is 2. The van der Waals surface area contributed by atoms with E-state index >= 15 is 0 Å². The van der Waals surface area contributed by atoms with Gasteiger partial charge in [-0.25, -0.2) is 4.99 Å². The zero-order valence-corrected chi connectivity index (χ0v) is 16.2. The van der Waals surface area contributed by atoms with Gasteiger partial charge >= 0.3 is 0 Å². The molecule has 26 heavy (non-hydrogen) atoms. The highest BCUT2D eigenvalue weighted by Crippen LogP contribution is 2.13. The molecule has 7 nitrogen and oxygen atoms in total. The van der Waals surface area contributed by atoms with Crippen LogP contribution in [0.25, 0.3) is 0 Å². The fourth-order valence-electron chi connectivity index (χ4n) is 2.45. The van der Waals surface area contributed by atoms with Gasteiger partial charge in [0, 0.05) is 26.1 Å². The van der Waals surface area contributed by atoms with Crippen molar-refractivity contribution in [3.63, 3.8) is 0 Å². The zero-order chi connectivity index (χ0) is 18.8. The van der Waals surface area contributed by atoms with Crippen molar-refractivity contribution in [2.45, 2.75) is 40.3 Å². The molecule has 0 unspecified atom stereocenters. The van der Waals surface area contributed by atoms with Crippen molar-refractivity contribution in [3.05, 3.63) is 42.0 Å². The lowest BCUT2D eigenvalue weighted by Gasteiger charge is -2.15. The van der Waals surface area contributed by atoms with Gasteiger partial charge in [0.05, 0.1) is 13.7 Å². The van der Waals surface area contributed by atoms with E-state index in [2.05, 4.69) is 52.2 Å². The van der Waals surface area contributed by atoms with Gasteiger partial charge in [-0.05, 0) is 23.6 Å². The van der Waals surface area contributed by atoms with Crippen LogP contribution in [-0.2, 0) is 19.5 Å². The Hall–Kier alpha value is -2.57. The molecule has 0 radical (unpaired) electrons. The Morgan fingerprint density at radius 3 is 2.88 bits per heavy atom. The first-order valence-corrected chi connectivity index (χ1v) is 9.14. The number of nitrogens with zero attached hydrogens (tertiary/aromatic N) is 4. The molecule has 0 spiro atoms. The number of hydrogen-bond acceptors (Lipinski definition) is 4. The minimum absolute atomic E-state index is 0.545. The molecule has 2 rings (SSSR count). The average molecular weight is 358 g/mol. The molecule has 0 atom stereocenters. The fourth-order valence-corrected chi connectivity index (χ4v) is 2.45. The summed E-state index contributed by atoms with van der Waals surface area (Å²) in [5.41, 5.74) is 1.11. The molecule has 2 aromatic rings. The number of benzene rings is 1. The van der Waals surface area contributed by atoms with Gasteiger partial charge in [0.25, 0.3) is 0 Å². The van der Waals surface area contributed by atoms with E-state index in [1.54, 1.807) is 13.4 Å². The Balaban J connectivity index is 1.95. The standard InChI is InChI=1S/C19H30N6O/c1-5-18-24-23-14-25(18)10-9-20-19(21-12-15(2)3)22-13-16-7-6-8-17(11-16)26-4/h6-8,11,14-15H,5,9-10,12-13H2,1-4H3,(H2,20,21,22). The molecule has 0 bridgehead atoms. The topological polar surface area (TPSA) is 76.4 Å². The summed E-state index contributed by atoms with van der Waals surface area (Å²) in [5.74, 6) is 3.20. The third kappa shape index (κ3) is 6.38. The summed E-state index contributed by atoms with van der Waals surface area (Å²) in [4.78, 5) is 4.70. The monoisotopic (exact) mass is 358 g/mol. The number of guanidine groups is 1. The van der Waals surface area contributed by atoms with Crippen LogP contribution in [0.1, 0.15) is 32.2 Å². The summed E-state index contributed by atoms with van der Waals surface area (Å²) in [7, 11) is 1.68. The Bertz CT molecular complexity index is 695. The van der Waals surface area contributed by atoms with Gasteiger partial charge < -0.3 is 19.9 Å². The molecule has 2 N–H and O–H groups in total. The van der Waals surface area contributed by atoms with E-state index in [1.807, 2.05) is 18.2 Å². The first kappa shape index (κ1) is 19.8. The maximum atomic E-state index is 5.27. The zero-order valence-electron chi connectivity index (χ0n) is 16.2. The van der Waals surface area contributed by atoms with E-state index in [1.165, 1.54) is 0 Å². The predicted octanol–water partition coefficient (Wildman–Crippen LogP) is 2.24. The van der Waals surface area contributed by atoms with Crippen LogP contribution in [0.3, 0.4) is 0 Å². The van der Waals surface area contributed by atoms with Crippen LogP contribution in [-0.4, -0.2) is 40.9 Å². The smallest absolute Gasteiger partial charge is 0.191 e. The van der Waals surface area contributed by atoms with Gasteiger partial charge in [0.2, 0.25) is 0 Å². The van der Waals surface area contributed by atoms with Gasteiger partial charge in [0.15, 0.2) is 5.96 Å². The van der Waals surface area contributed by atoms with Crippen molar-refractivity contribution in [1.82, 2.24) is 25.4 Å². The average Bonchev–Trinajstić information content (AvgIpc) is 3.11. The number of ether oxygens (including phenoxy) is 1. The SMILES string of the molecule is CCc1nncn1CCNC(=NCc1cccc(OC)c1)NCC(C)C. The summed E-state index contributed by atoms with van der Waals surface area (Å²) in [6, 6.07) is 7.98. The van der Waals surface area contributed by atoms with Gasteiger partial charge in [-0.1, -0.05) is 32.9 Å². The van der Waals surface area contributed by atoms with Crippen molar-refractivity contribution in [1.29, 1.82) is 0 Å². The molecule has 0 saturated carbocycles. The molecule has 0 aliphatic carbocycles. The maximum absolute atomic E-state index is 5.27. The van der Waals surface area contributed by atoms with Crippen LogP contribution in [0.4, 0.5) is 0 Å². The van der Waals surface area contributed by atoms with Crippen molar-refractivity contribution in [2.75, 3.05) is 20.2 Å². The van der Waals surface area contributed by atoms with E-state index in [0.717, 1.165) is 49.2 Å². The number of rotatable bonds is 9. The van der Waals surface area contributed by atoms with Crippen LogP contribution in [0, 0.1) is 5.92 Å². The molecule has 0 amide bonds. The molecule has 1 aromatic carbocycles. The second-order valence-corrected chi connectivity index (χ2v) is 6.51. The first-order chi connectivity index (χ1) is 12.6. The fraction of sp³-hybridized carbons (Fsp3) is 0.526. The highest BCUT2D eigenvalue weighted by molar-refractivity contribution is 5.79. The third-order valence-electron chi connectivity index (χ3n) is 3.89. The lowest BCUT2D eigenvalue weighted by molar-refractivity contribution is 0.414. The maximum Gasteiger partial charge on any atom is 0.191 e. The second-order valence-electron chi connectivity index (χ2n) is 6.51. The Morgan fingerprint density at radius 1 is 1.31 bits per heavy atom. The van der Waals surface area contributed by atoms with Gasteiger partial charge in [-0.3, -0.25) is 0 Å². The number of aliphatic imine (C=N–C) groups is 1. The number of aryl methyl sites for hydroxylation is 1. The van der Waals surface area contributed by atoms with Gasteiger partial charge in [-0.15, -0.1) is 10.2 Å². The van der Waals surface area contributed by atoms with Crippen LogP contribution >= 0.6 is 0 Å². The number of hydrogen-bond donors (Lipinski definition) is 2. The summed E-state index contributed by atoms with van der Waals surface area (Å²) >= 11 is 0. The molecular weight excluding hydrogens is 328 g/mol. The van der Waals surface area contributed by atoms with Gasteiger partial charge in [-0.2, -0.15) is 0 Å². The van der Waals surface area contributed by atoms with Crippen LogP contribution < -0.4 is 15.4 Å². The highest BCUT2D eigenvalue weighted by Gasteiger charge is 2.04. The third-order valence-corrected chi connectivity index (χ3v) is 3.89. The second kappa shape index (κ2) is 10.4. The Kier molecular flexibility index (Phi) is 7.92. The van der Waals surface area contributed by atoms with Crippen molar-refractivity contribution in [2.24, 2.45) is 10.9 Å². The lowest BCUT2D eigenvalue weighted by atomic mass is 10.2. The normalized spacial score (nSPS) is 11.7. The molecule has 142 valence electrons. The minimum Gasteiger partial charge on any atom is -0.497 e. The van der Waals surface area contributed by atoms with E-state index < -0.39 is 0 Å². The van der Waals surface area contributed by atoms with E-state index in [-0.39, 0.29) is 0 Å². The largest absolute Gasteiger partial charge is 0.497 e. The molecule has 0 aliphatic rings. The summed E-state index contributed by atoms with van der Waals surface area (Å²) in [6.07, 6.45) is 2.65. The predicted molar refractivity (Wildman–Crippen MR) is 104 cm³/mol. The van der Waals surface area contributed by atoms with Crippen LogP contribution in [0.15, 0.2) is 35.6 Å². The van der Waals surface area contributed by atoms with E-state index in [0.29, 0.717) is 12.5 Å². The van der Waals surface area contributed by atoms with Crippen LogP contribution in [0.2, 0.25) is 0 Å². The lowest BCUT2D eigenvalue weighted by Crippen LogP contribution is -2.40. The van der Waals surface area contributed by atoms with E-state index in [9.17, 15) is 0 Å². The van der Waals surface area contributed by atoms with Crippen LogP contribution in [0.5, 0.6) is 5.75 Å². The van der Waals surface area contributed by atoms with Gasteiger partial charge in [0.1, 0.15) is 17.9 Å². The molecule has 0 saturated heterocycles. The number of aromatic nitrogens is 3. The van der Waals surface area contributed by atoms with Crippen molar-refractivity contribution >= 4 is 5.96 Å². The first-order valence-electron chi connectivity index (χ1n) is 9.14. The quantitative estimate of drug-likeness (QED) is 0.531.